The summed E-state index contributed by atoms with van der Waals surface area (Å²) in [6, 6.07) is 13.1. The molecule has 4 rings (SSSR count). The van der Waals surface area contributed by atoms with E-state index in [1.54, 1.807) is 36.4 Å². The number of nitrogens with zero attached hydrogens (tertiary/aromatic N) is 3. The van der Waals surface area contributed by atoms with Crippen molar-refractivity contribution in [3.05, 3.63) is 95.9 Å². The molecule has 1 heterocycles. The third-order valence-corrected chi connectivity index (χ3v) is 6.49. The summed E-state index contributed by atoms with van der Waals surface area (Å²) in [6.45, 7) is 1.83. The molecule has 188 valence electrons. The maximum Gasteiger partial charge on any atom is 0.318 e. The largest absolute Gasteiger partial charge is 0.493 e. The van der Waals surface area contributed by atoms with Crippen molar-refractivity contribution in [2.24, 2.45) is 4.99 Å². The van der Waals surface area contributed by atoms with Crippen LogP contribution in [-0.2, 0) is 4.79 Å². The Labute approximate surface area is 219 Å². The Morgan fingerprint density at radius 1 is 1.03 bits per heavy atom. The van der Waals surface area contributed by atoms with Crippen LogP contribution in [0.2, 0.25) is 5.02 Å². The number of benzene rings is 3. The number of non-ortho nitro benzene ring substituents is 1. The number of hydrogen-bond donors (Lipinski definition) is 1. The molecule has 1 saturated heterocycles. The number of amides is 1. The molecule has 3 aromatic carbocycles. The third-order valence-electron chi connectivity index (χ3n) is 5.17. The minimum Gasteiger partial charge on any atom is -0.493 e. The van der Waals surface area contributed by atoms with Crippen molar-refractivity contribution in [2.45, 2.75) is 6.92 Å². The van der Waals surface area contributed by atoms with E-state index < -0.39 is 21.2 Å². The first-order chi connectivity index (χ1) is 17.7. The summed E-state index contributed by atoms with van der Waals surface area (Å²) < 4.78 is 11.0. The van der Waals surface area contributed by atoms with Gasteiger partial charge in [-0.2, -0.15) is 0 Å². The molecule has 0 saturated carbocycles. The highest BCUT2D eigenvalue weighted by Crippen LogP contribution is 2.39. The molecule has 3 aromatic rings. The molecule has 0 radical (unpaired) electrons. The molecule has 37 heavy (non-hydrogen) atoms. The maximum absolute atomic E-state index is 12.5. The molecule has 0 aromatic heterocycles. The topological polar surface area (TPSA) is 146 Å². The number of thioether (sulfide) groups is 1. The summed E-state index contributed by atoms with van der Waals surface area (Å²) in [6.07, 6.45) is 1.63. The molecule has 1 amide bonds. The maximum atomic E-state index is 12.5. The van der Waals surface area contributed by atoms with Crippen molar-refractivity contribution in [3.63, 3.8) is 0 Å². The SMILES string of the molecule is COc1cc(/C=C2/SC(=Nc3cccc(Cl)c3C)NC2=O)ccc1Oc1ccc([N+](=O)[O-])cc1[N+](=O)[O-]. The number of nitro groups is 2. The van der Waals surface area contributed by atoms with Crippen LogP contribution in [-0.4, -0.2) is 28.0 Å². The van der Waals surface area contributed by atoms with Crippen LogP contribution in [0.25, 0.3) is 6.08 Å². The molecule has 0 atom stereocenters. The fourth-order valence-corrected chi connectivity index (χ4v) is 4.29. The summed E-state index contributed by atoms with van der Waals surface area (Å²) in [5.41, 5.74) is 1.02. The van der Waals surface area contributed by atoms with Crippen molar-refractivity contribution >= 4 is 57.6 Å². The number of carbonyl (C=O) groups excluding carboxylic acids is 1. The Balaban J connectivity index is 1.59. The van der Waals surface area contributed by atoms with E-state index in [0.717, 1.165) is 35.5 Å². The van der Waals surface area contributed by atoms with Crippen LogP contribution in [0.15, 0.2) is 64.5 Å². The van der Waals surface area contributed by atoms with E-state index in [2.05, 4.69) is 10.3 Å². The van der Waals surface area contributed by atoms with Gasteiger partial charge in [0.1, 0.15) is 0 Å². The van der Waals surface area contributed by atoms with Crippen molar-refractivity contribution in [3.8, 4) is 17.2 Å². The average molecular weight is 541 g/mol. The zero-order valence-electron chi connectivity index (χ0n) is 19.3. The fourth-order valence-electron chi connectivity index (χ4n) is 3.28. The van der Waals surface area contributed by atoms with Gasteiger partial charge in [0.05, 0.1) is 33.6 Å². The van der Waals surface area contributed by atoms with Crippen LogP contribution >= 0.6 is 23.4 Å². The van der Waals surface area contributed by atoms with Gasteiger partial charge in [-0.05, 0) is 66.2 Å². The highest BCUT2D eigenvalue weighted by molar-refractivity contribution is 8.18. The molecular formula is C24H17ClN4O7S. The number of nitrogens with one attached hydrogen (secondary N) is 1. The monoisotopic (exact) mass is 540 g/mol. The number of methoxy groups -OCH3 is 1. The second-order valence-electron chi connectivity index (χ2n) is 7.54. The minimum absolute atomic E-state index is 0.142. The Hall–Kier alpha value is -4.42. The first-order valence-corrected chi connectivity index (χ1v) is 11.7. The second-order valence-corrected chi connectivity index (χ2v) is 8.98. The molecule has 13 heteroatoms. The standard InChI is InChI=1S/C24H17ClN4O7S/c1-13-16(25)4-3-5-17(13)26-24-27-23(30)22(37-24)11-14-6-8-20(21(10-14)35-2)36-19-9-7-15(28(31)32)12-18(19)29(33)34/h3-12H,1-2H3,(H,26,27,30)/b22-11+. The van der Waals surface area contributed by atoms with Crippen LogP contribution in [0.3, 0.4) is 0 Å². The minimum atomic E-state index is -0.770. The number of amidine groups is 1. The van der Waals surface area contributed by atoms with E-state index in [-0.39, 0.29) is 23.2 Å². The predicted octanol–water partition coefficient (Wildman–Crippen LogP) is 6.16. The van der Waals surface area contributed by atoms with Crippen LogP contribution in [0.5, 0.6) is 17.2 Å². The highest BCUT2D eigenvalue weighted by Gasteiger charge is 2.25. The number of rotatable bonds is 7. The smallest absolute Gasteiger partial charge is 0.318 e. The van der Waals surface area contributed by atoms with Gasteiger partial charge in [0.2, 0.25) is 5.75 Å². The van der Waals surface area contributed by atoms with E-state index in [1.165, 1.54) is 13.2 Å². The molecular weight excluding hydrogens is 524 g/mol. The fraction of sp³-hybridized carbons (Fsp3) is 0.0833. The molecule has 1 aliphatic rings. The summed E-state index contributed by atoms with van der Waals surface area (Å²) >= 11 is 7.30. The zero-order chi connectivity index (χ0) is 26.7. The molecule has 1 aliphatic heterocycles. The Kier molecular flexibility index (Phi) is 7.41. The lowest BCUT2D eigenvalue weighted by Crippen LogP contribution is -2.19. The molecule has 0 spiro atoms. The third kappa shape index (κ3) is 5.71. The zero-order valence-corrected chi connectivity index (χ0v) is 20.8. The highest BCUT2D eigenvalue weighted by atomic mass is 35.5. The number of nitro benzene ring substituents is 2. The van der Waals surface area contributed by atoms with Gasteiger partial charge in [0.25, 0.3) is 11.6 Å². The Bertz CT molecular complexity index is 1510. The average Bonchev–Trinajstić information content (AvgIpc) is 3.21. The van der Waals surface area contributed by atoms with Gasteiger partial charge in [0, 0.05) is 11.1 Å². The first-order valence-electron chi connectivity index (χ1n) is 10.5. The Morgan fingerprint density at radius 3 is 2.49 bits per heavy atom. The van der Waals surface area contributed by atoms with Gasteiger partial charge in [-0.25, -0.2) is 4.99 Å². The lowest BCUT2D eigenvalue weighted by atomic mass is 10.2. The van der Waals surface area contributed by atoms with Crippen LogP contribution < -0.4 is 14.8 Å². The number of aliphatic imine (C=N–C) groups is 1. The van der Waals surface area contributed by atoms with Crippen molar-refractivity contribution in [2.75, 3.05) is 7.11 Å². The van der Waals surface area contributed by atoms with E-state index in [9.17, 15) is 25.0 Å². The molecule has 11 nitrogen and oxygen atoms in total. The summed E-state index contributed by atoms with van der Waals surface area (Å²) in [5, 5.41) is 26.1. The molecule has 1 fully saturated rings. The first kappa shape index (κ1) is 25.7. The normalized spacial score (nSPS) is 15.1. The van der Waals surface area contributed by atoms with Gasteiger partial charge in [-0.15, -0.1) is 0 Å². The van der Waals surface area contributed by atoms with Gasteiger partial charge in [0.15, 0.2) is 16.7 Å². The van der Waals surface area contributed by atoms with Crippen LogP contribution in [0, 0.1) is 27.2 Å². The van der Waals surface area contributed by atoms with Gasteiger partial charge >= 0.3 is 5.69 Å². The Morgan fingerprint density at radius 2 is 1.78 bits per heavy atom. The van der Waals surface area contributed by atoms with Gasteiger partial charge in [-0.1, -0.05) is 23.7 Å². The second kappa shape index (κ2) is 10.7. The number of carbonyl (C=O) groups is 1. The van der Waals surface area contributed by atoms with E-state index in [4.69, 9.17) is 21.1 Å². The lowest BCUT2D eigenvalue weighted by Gasteiger charge is -2.11. The lowest BCUT2D eigenvalue weighted by molar-refractivity contribution is -0.394. The van der Waals surface area contributed by atoms with Crippen molar-refractivity contribution in [1.82, 2.24) is 5.32 Å². The quantitative estimate of drug-likeness (QED) is 0.213. The van der Waals surface area contributed by atoms with Crippen LogP contribution in [0.1, 0.15) is 11.1 Å². The summed E-state index contributed by atoms with van der Waals surface area (Å²) in [5.74, 6) is -0.148. The van der Waals surface area contributed by atoms with E-state index in [0.29, 0.717) is 26.3 Å². The van der Waals surface area contributed by atoms with Gasteiger partial charge in [-0.3, -0.25) is 25.0 Å². The number of ether oxygens (including phenoxy) is 2. The van der Waals surface area contributed by atoms with E-state index in [1.807, 2.05) is 6.92 Å². The molecule has 1 N–H and O–H groups in total. The van der Waals surface area contributed by atoms with Crippen molar-refractivity contribution in [1.29, 1.82) is 0 Å². The van der Waals surface area contributed by atoms with Gasteiger partial charge < -0.3 is 14.8 Å². The summed E-state index contributed by atoms with van der Waals surface area (Å²) in [7, 11) is 1.39. The van der Waals surface area contributed by atoms with E-state index >= 15 is 0 Å². The summed E-state index contributed by atoms with van der Waals surface area (Å²) in [4.78, 5) is 38.2. The molecule has 0 bridgehead atoms. The number of halogens is 1. The van der Waals surface area contributed by atoms with Crippen molar-refractivity contribution < 1.29 is 24.1 Å². The number of hydrogen-bond acceptors (Lipinski definition) is 9. The molecule has 0 aliphatic carbocycles. The molecule has 0 unspecified atom stereocenters. The van der Waals surface area contributed by atoms with Crippen LogP contribution in [0.4, 0.5) is 17.1 Å². The predicted molar refractivity (Wildman–Crippen MR) is 140 cm³/mol.